The Morgan fingerprint density at radius 3 is 1.92 bits per heavy atom. The molecule has 0 amide bonds. The Labute approximate surface area is 303 Å². The Balaban J connectivity index is 1.37. The summed E-state index contributed by atoms with van der Waals surface area (Å²) < 4.78 is 66.6. The maximum absolute atomic E-state index is 9.06. The topological polar surface area (TPSA) is 18.5 Å². The molecule has 0 aromatic heterocycles. The van der Waals surface area contributed by atoms with Crippen LogP contribution in [-0.2, 0) is 11.0 Å². The Morgan fingerprint density at radius 2 is 1.18 bits per heavy atom. The van der Waals surface area contributed by atoms with E-state index in [2.05, 4.69) is 58.0 Å². The summed E-state index contributed by atoms with van der Waals surface area (Å²) in [4.78, 5) is 2.14. The van der Waals surface area contributed by atoms with E-state index in [1.54, 1.807) is 36.9 Å². The van der Waals surface area contributed by atoms with Gasteiger partial charge in [-0.2, -0.15) is 0 Å². The van der Waals surface area contributed by atoms with E-state index in [-0.39, 0.29) is 5.56 Å². The first-order valence-electron chi connectivity index (χ1n) is 19.7. The number of hydrogen-bond acceptors (Lipinski definition) is 3. The quantitative estimate of drug-likeness (QED) is 0.188. The van der Waals surface area contributed by atoms with Gasteiger partial charge in [-0.25, -0.2) is 0 Å². The third-order valence-electron chi connectivity index (χ3n) is 10.2. The van der Waals surface area contributed by atoms with Crippen molar-refractivity contribution in [3.63, 3.8) is 0 Å². The maximum Gasteiger partial charge on any atom is 0.139 e. The number of hydrogen-bond donors (Lipinski definition) is 0. The summed E-state index contributed by atoms with van der Waals surface area (Å²) in [7, 11) is 0. The van der Waals surface area contributed by atoms with Crippen LogP contribution >= 0.6 is 11.8 Å². The molecule has 244 valence electrons. The van der Waals surface area contributed by atoms with Crippen LogP contribution in [-0.4, -0.2) is 0 Å². The van der Waals surface area contributed by atoms with E-state index in [0.717, 1.165) is 54.5 Å². The minimum Gasteiger partial charge on any atom is -0.482 e. The van der Waals surface area contributed by atoms with Crippen molar-refractivity contribution in [3.05, 3.63) is 148 Å². The van der Waals surface area contributed by atoms with Crippen molar-refractivity contribution in [2.75, 3.05) is 0 Å². The van der Waals surface area contributed by atoms with Crippen molar-refractivity contribution in [3.8, 4) is 50.6 Å². The predicted molar refractivity (Wildman–Crippen MR) is 205 cm³/mol. The van der Waals surface area contributed by atoms with Crippen molar-refractivity contribution < 1.29 is 17.7 Å². The first kappa shape index (κ1) is 25.3. The van der Waals surface area contributed by atoms with Gasteiger partial charge in [0.25, 0.3) is 0 Å². The first-order valence-corrected chi connectivity index (χ1v) is 17.5. The average Bonchev–Trinajstić information content (AvgIpc) is 3.24. The number of aryl methyl sites for hydroxylation is 2. The van der Waals surface area contributed by atoms with Crippen molar-refractivity contribution in [2.45, 2.75) is 76.1 Å². The summed E-state index contributed by atoms with van der Waals surface area (Å²) in [6.07, 6.45) is 0. The van der Waals surface area contributed by atoms with Gasteiger partial charge in [0.15, 0.2) is 0 Å². The third-order valence-corrected chi connectivity index (χ3v) is 11.4. The summed E-state index contributed by atoms with van der Waals surface area (Å²) >= 11 is 1.70. The fourth-order valence-corrected chi connectivity index (χ4v) is 8.95. The van der Waals surface area contributed by atoms with Gasteiger partial charge in [-0.15, -0.1) is 0 Å². The number of fused-ring (bicyclic) bond motifs is 4. The summed E-state index contributed by atoms with van der Waals surface area (Å²) in [6.45, 7) is 7.03. The van der Waals surface area contributed by atoms with Gasteiger partial charge in [0, 0.05) is 40.8 Å². The second-order valence-corrected chi connectivity index (χ2v) is 14.9. The van der Waals surface area contributed by atoms with Crippen LogP contribution in [0, 0.1) is 27.6 Å². The van der Waals surface area contributed by atoms with Gasteiger partial charge < -0.3 is 9.47 Å². The molecule has 8 rings (SSSR count). The Hall–Kier alpha value is -4.73. The lowest BCUT2D eigenvalue weighted by Gasteiger charge is -2.35. The zero-order valence-corrected chi connectivity index (χ0v) is 29.4. The lowest BCUT2D eigenvalue weighted by Crippen LogP contribution is -2.25. The van der Waals surface area contributed by atoms with E-state index < -0.39 is 24.7 Å². The molecule has 0 saturated carbocycles. The van der Waals surface area contributed by atoms with Crippen LogP contribution in [0.2, 0.25) is 0 Å². The molecule has 49 heavy (non-hydrogen) atoms. The molecule has 0 saturated heterocycles. The van der Waals surface area contributed by atoms with Crippen LogP contribution in [0.1, 0.15) is 74.8 Å². The second-order valence-electron chi connectivity index (χ2n) is 13.9. The van der Waals surface area contributed by atoms with Gasteiger partial charge in [-0.3, -0.25) is 0 Å². The molecular weight excluding hydrogens is 617 g/mol. The van der Waals surface area contributed by atoms with Gasteiger partial charge in [-0.05, 0) is 110 Å². The van der Waals surface area contributed by atoms with E-state index in [1.165, 1.54) is 0 Å². The van der Waals surface area contributed by atoms with Gasteiger partial charge in [0.2, 0.25) is 0 Å². The monoisotopic (exact) mass is 664 g/mol. The molecule has 2 heterocycles. The lowest BCUT2D eigenvalue weighted by molar-refractivity contribution is 0.103. The Morgan fingerprint density at radius 1 is 0.571 bits per heavy atom. The smallest absolute Gasteiger partial charge is 0.139 e. The molecule has 1 unspecified atom stereocenters. The molecule has 2 aliphatic heterocycles. The molecule has 0 radical (unpaired) electrons. The van der Waals surface area contributed by atoms with Crippen LogP contribution in [0.4, 0.5) is 0 Å². The fourth-order valence-electron chi connectivity index (χ4n) is 7.67. The molecule has 6 aromatic rings. The van der Waals surface area contributed by atoms with E-state index in [4.69, 9.17) is 17.7 Å². The molecule has 1 atom stereocenters. The van der Waals surface area contributed by atoms with Crippen molar-refractivity contribution in [1.82, 2.24) is 0 Å². The van der Waals surface area contributed by atoms with Gasteiger partial charge in [-0.1, -0.05) is 117 Å². The summed E-state index contributed by atoms with van der Waals surface area (Å²) in [5, 5.41) is 0. The number of benzene rings is 6. The van der Waals surface area contributed by atoms with Crippen molar-refractivity contribution >= 4 is 11.8 Å². The van der Waals surface area contributed by atoms with E-state index in [1.807, 2.05) is 67.6 Å². The van der Waals surface area contributed by atoms with Crippen LogP contribution in [0.15, 0.2) is 119 Å². The number of para-hydroxylation sites is 3. The Bertz CT molecular complexity index is 2530. The van der Waals surface area contributed by atoms with Crippen LogP contribution in [0.3, 0.4) is 0 Å². The van der Waals surface area contributed by atoms with E-state index >= 15 is 0 Å². The van der Waals surface area contributed by atoms with Gasteiger partial charge in [0.05, 0.1) is 4.90 Å². The fraction of sp³-hybridized carbons (Fsp3) is 0.217. The average molecular weight is 665 g/mol. The normalized spacial score (nSPS) is 19.4. The minimum absolute atomic E-state index is 0.196. The number of rotatable bonds is 3. The van der Waals surface area contributed by atoms with Gasteiger partial charge in [0.1, 0.15) is 22.8 Å². The van der Waals surface area contributed by atoms with E-state index in [0.29, 0.717) is 39.3 Å². The molecule has 6 aromatic carbocycles. The second kappa shape index (κ2) is 11.4. The van der Waals surface area contributed by atoms with Crippen molar-refractivity contribution in [2.24, 2.45) is 0 Å². The molecular formula is C46H42O2S. The minimum atomic E-state index is -2.54. The van der Waals surface area contributed by atoms with E-state index in [9.17, 15) is 0 Å². The molecule has 2 aliphatic rings. The SMILES string of the molecule is [2H]C([2H])([2H])c1c(-c2ccc(C)c(-c3cccc4c3Sc3ccccc3OC4(C)C)c2C)ccc(C)c1-c1cccc2c1Oc1ccccc1C2(C)C([2H])([2H])[2H]. The number of ether oxygens (including phenoxy) is 2. The summed E-state index contributed by atoms with van der Waals surface area (Å²) in [5.41, 5.74) is 7.69. The predicted octanol–water partition coefficient (Wildman–Crippen LogP) is 13.1. The summed E-state index contributed by atoms with van der Waals surface area (Å²) in [5.74, 6) is 1.65. The van der Waals surface area contributed by atoms with Crippen LogP contribution < -0.4 is 9.47 Å². The van der Waals surface area contributed by atoms with Crippen LogP contribution in [0.5, 0.6) is 17.2 Å². The molecule has 0 spiro atoms. The Kier molecular flexibility index (Phi) is 5.89. The van der Waals surface area contributed by atoms with Crippen LogP contribution in [0.25, 0.3) is 33.4 Å². The molecule has 0 aliphatic carbocycles. The zero-order chi connectivity index (χ0) is 39.2. The molecule has 2 nitrogen and oxygen atoms in total. The highest BCUT2D eigenvalue weighted by atomic mass is 32.2. The first-order chi connectivity index (χ1) is 25.9. The lowest BCUT2D eigenvalue weighted by atomic mass is 9.74. The standard InChI is InChI=1S/C46H42O2S/c1-27-23-25-31(29(3)41(27)33-15-13-18-36-43(33)47-38-20-10-9-17-35(38)45(36,5)6)32-26-24-28(2)42(30(32)4)34-16-14-19-37-44(34)49-40-22-12-11-21-39(40)48-46(37,7)8/h9-26H,1-8H3/i3D3,5D3. The molecule has 0 fully saturated rings. The third kappa shape index (κ3) is 4.93. The van der Waals surface area contributed by atoms with Crippen molar-refractivity contribution in [1.29, 1.82) is 0 Å². The molecule has 0 bridgehead atoms. The molecule has 0 N–H and O–H groups in total. The van der Waals surface area contributed by atoms with Gasteiger partial charge >= 0.3 is 0 Å². The maximum atomic E-state index is 9.06. The largest absolute Gasteiger partial charge is 0.482 e. The highest BCUT2D eigenvalue weighted by Gasteiger charge is 2.36. The highest BCUT2D eigenvalue weighted by Crippen LogP contribution is 2.54. The highest BCUT2D eigenvalue weighted by molar-refractivity contribution is 7.99. The molecule has 3 heteroatoms. The summed E-state index contributed by atoms with van der Waals surface area (Å²) in [6, 6.07) is 35.1. The zero-order valence-electron chi connectivity index (χ0n) is 34.6.